The van der Waals surface area contributed by atoms with Crippen molar-refractivity contribution >= 4 is 11.6 Å². The molecule has 1 aliphatic rings. The molecule has 0 aliphatic carbocycles. The van der Waals surface area contributed by atoms with Crippen LogP contribution in [0.25, 0.3) is 0 Å². The minimum Gasteiger partial charge on any atom is -0.292 e. The molecule has 1 aromatic rings. The highest BCUT2D eigenvalue weighted by atomic mass is 35.5. The second-order valence-electron chi connectivity index (χ2n) is 5.49. The lowest BCUT2D eigenvalue weighted by molar-refractivity contribution is 0.155. The highest BCUT2D eigenvalue weighted by molar-refractivity contribution is 6.30. The third-order valence-corrected chi connectivity index (χ3v) is 4.26. The van der Waals surface area contributed by atoms with E-state index in [-0.39, 0.29) is 0 Å². The lowest BCUT2D eigenvalue weighted by Gasteiger charge is -2.38. The van der Waals surface area contributed by atoms with Gasteiger partial charge in [0.15, 0.2) is 0 Å². The average Bonchev–Trinajstić information content (AvgIpc) is 2.41. The van der Waals surface area contributed by atoms with E-state index >= 15 is 0 Å². The molecule has 19 heavy (non-hydrogen) atoms. The monoisotopic (exact) mass is 278 g/mol. The minimum absolute atomic E-state index is 0.374. The predicted octanol–water partition coefficient (Wildman–Crippen LogP) is 4.47. The first-order valence-electron chi connectivity index (χ1n) is 7.14. The first kappa shape index (κ1) is 14.5. The molecular weight excluding hydrogens is 256 g/mol. The van der Waals surface area contributed by atoms with Crippen molar-refractivity contribution in [3.8, 4) is 0 Å². The summed E-state index contributed by atoms with van der Waals surface area (Å²) < 4.78 is 0. The lowest BCUT2D eigenvalue weighted by atomic mass is 9.92. The topological polar surface area (TPSA) is 16.1 Å². The van der Waals surface area contributed by atoms with Crippen LogP contribution >= 0.6 is 11.6 Å². The van der Waals surface area contributed by atoms with Gasteiger partial charge in [0, 0.05) is 30.9 Å². The molecule has 1 fully saturated rings. The number of rotatable bonds is 3. The summed E-state index contributed by atoms with van der Waals surface area (Å²) >= 11 is 6.27. The van der Waals surface area contributed by atoms with E-state index in [0.717, 1.165) is 25.1 Å². The summed E-state index contributed by atoms with van der Waals surface area (Å²) in [6.07, 6.45) is 6.31. The first-order chi connectivity index (χ1) is 9.15. The maximum atomic E-state index is 6.27. The Balaban J connectivity index is 2.24. The summed E-state index contributed by atoms with van der Waals surface area (Å²) in [7, 11) is 0. The molecule has 2 nitrogen and oxygen atoms in total. The van der Waals surface area contributed by atoms with E-state index in [9.17, 15) is 0 Å². The SMILES string of the molecule is CC=C1CC(C)CN(C(CC)c2cccnc2Cl)C1. The summed E-state index contributed by atoms with van der Waals surface area (Å²) in [5, 5.41) is 0.648. The van der Waals surface area contributed by atoms with Gasteiger partial charge in [-0.2, -0.15) is 0 Å². The Morgan fingerprint density at radius 3 is 3.00 bits per heavy atom. The van der Waals surface area contributed by atoms with Gasteiger partial charge in [-0.3, -0.25) is 4.90 Å². The molecule has 0 radical (unpaired) electrons. The molecule has 3 heteroatoms. The molecular formula is C16H23ClN2. The predicted molar refractivity (Wildman–Crippen MR) is 81.4 cm³/mol. The highest BCUT2D eigenvalue weighted by Crippen LogP contribution is 2.33. The molecule has 0 bridgehead atoms. The summed E-state index contributed by atoms with van der Waals surface area (Å²) in [5.74, 6) is 0.712. The summed E-state index contributed by atoms with van der Waals surface area (Å²) in [5.41, 5.74) is 2.70. The zero-order chi connectivity index (χ0) is 13.8. The van der Waals surface area contributed by atoms with Crippen molar-refractivity contribution in [2.75, 3.05) is 13.1 Å². The van der Waals surface area contributed by atoms with Crippen molar-refractivity contribution < 1.29 is 0 Å². The number of hydrogen-bond donors (Lipinski definition) is 0. The van der Waals surface area contributed by atoms with Crippen LogP contribution in [0.3, 0.4) is 0 Å². The fraction of sp³-hybridized carbons (Fsp3) is 0.562. The number of likely N-dealkylation sites (tertiary alicyclic amines) is 1. The molecule has 104 valence electrons. The lowest BCUT2D eigenvalue weighted by Crippen LogP contribution is -2.38. The van der Waals surface area contributed by atoms with Gasteiger partial charge in [0.25, 0.3) is 0 Å². The maximum absolute atomic E-state index is 6.27. The zero-order valence-corrected chi connectivity index (χ0v) is 12.8. The van der Waals surface area contributed by atoms with Crippen LogP contribution in [0.4, 0.5) is 0 Å². The Kier molecular flexibility index (Phi) is 5.00. The van der Waals surface area contributed by atoms with Gasteiger partial charge < -0.3 is 0 Å². The standard InChI is InChI=1S/C16H23ClN2/c1-4-13-9-12(3)10-19(11-13)15(5-2)14-7-6-8-18-16(14)17/h4,6-8,12,15H,5,9-11H2,1-3H3. The molecule has 2 rings (SSSR count). The number of nitrogens with zero attached hydrogens (tertiary/aromatic N) is 2. The van der Waals surface area contributed by atoms with Crippen LogP contribution in [0, 0.1) is 5.92 Å². The molecule has 2 heterocycles. The Morgan fingerprint density at radius 1 is 1.58 bits per heavy atom. The van der Waals surface area contributed by atoms with Gasteiger partial charge in [-0.15, -0.1) is 0 Å². The van der Waals surface area contributed by atoms with Crippen LogP contribution in [-0.4, -0.2) is 23.0 Å². The molecule has 0 amide bonds. The quantitative estimate of drug-likeness (QED) is 0.599. The van der Waals surface area contributed by atoms with E-state index in [1.807, 2.05) is 6.07 Å². The third kappa shape index (κ3) is 3.37. The van der Waals surface area contributed by atoms with Gasteiger partial charge >= 0.3 is 0 Å². The van der Waals surface area contributed by atoms with E-state index in [4.69, 9.17) is 11.6 Å². The van der Waals surface area contributed by atoms with Crippen molar-refractivity contribution in [1.82, 2.24) is 9.88 Å². The zero-order valence-electron chi connectivity index (χ0n) is 12.1. The van der Waals surface area contributed by atoms with Gasteiger partial charge in [0.2, 0.25) is 0 Å². The molecule has 1 aliphatic heterocycles. The summed E-state index contributed by atoms with van der Waals surface area (Å²) in [6, 6.07) is 4.46. The molecule has 0 N–H and O–H groups in total. The number of aromatic nitrogens is 1. The number of hydrogen-bond acceptors (Lipinski definition) is 2. The number of halogens is 1. The van der Waals surface area contributed by atoms with Crippen LogP contribution < -0.4 is 0 Å². The van der Waals surface area contributed by atoms with Crippen LogP contribution in [0.2, 0.25) is 5.15 Å². The molecule has 1 aromatic heterocycles. The fourth-order valence-corrected chi connectivity index (χ4v) is 3.32. The third-order valence-electron chi connectivity index (χ3n) is 3.95. The summed E-state index contributed by atoms with van der Waals surface area (Å²) in [6.45, 7) is 8.89. The van der Waals surface area contributed by atoms with E-state index in [2.05, 4.69) is 42.8 Å². The average molecular weight is 279 g/mol. The summed E-state index contributed by atoms with van der Waals surface area (Å²) in [4.78, 5) is 6.77. The number of piperidine rings is 1. The van der Waals surface area contributed by atoms with Gasteiger partial charge in [-0.05, 0) is 31.7 Å². The first-order valence-corrected chi connectivity index (χ1v) is 7.52. The molecule has 1 saturated heterocycles. The van der Waals surface area contributed by atoms with Crippen molar-refractivity contribution in [3.63, 3.8) is 0 Å². The molecule has 0 aromatic carbocycles. The Hall–Kier alpha value is -0.860. The van der Waals surface area contributed by atoms with E-state index in [1.165, 1.54) is 12.0 Å². The fourth-order valence-electron chi connectivity index (χ4n) is 3.07. The Morgan fingerprint density at radius 2 is 2.37 bits per heavy atom. The Labute approximate surface area is 121 Å². The van der Waals surface area contributed by atoms with Crippen LogP contribution in [-0.2, 0) is 0 Å². The van der Waals surface area contributed by atoms with Crippen LogP contribution in [0.5, 0.6) is 0 Å². The van der Waals surface area contributed by atoms with Crippen molar-refractivity contribution in [1.29, 1.82) is 0 Å². The molecule has 2 unspecified atom stereocenters. The molecule has 0 spiro atoms. The molecule has 0 saturated carbocycles. The van der Waals surface area contributed by atoms with Crippen molar-refractivity contribution in [2.45, 2.75) is 39.7 Å². The highest BCUT2D eigenvalue weighted by Gasteiger charge is 2.27. The molecule has 2 atom stereocenters. The van der Waals surface area contributed by atoms with Crippen molar-refractivity contribution in [2.24, 2.45) is 5.92 Å². The van der Waals surface area contributed by atoms with Gasteiger partial charge in [0.1, 0.15) is 5.15 Å². The maximum Gasteiger partial charge on any atom is 0.133 e. The largest absolute Gasteiger partial charge is 0.292 e. The van der Waals surface area contributed by atoms with Crippen molar-refractivity contribution in [3.05, 3.63) is 40.7 Å². The van der Waals surface area contributed by atoms with Crippen LogP contribution in [0.1, 0.15) is 45.2 Å². The van der Waals surface area contributed by atoms with Gasteiger partial charge in [-0.1, -0.05) is 43.2 Å². The normalized spacial score (nSPS) is 24.6. The van der Waals surface area contributed by atoms with Gasteiger partial charge in [0.05, 0.1) is 0 Å². The van der Waals surface area contributed by atoms with E-state index in [1.54, 1.807) is 6.20 Å². The number of allylic oxidation sites excluding steroid dienone is 1. The minimum atomic E-state index is 0.374. The second-order valence-corrected chi connectivity index (χ2v) is 5.85. The second kappa shape index (κ2) is 6.53. The number of pyridine rings is 1. The van der Waals surface area contributed by atoms with E-state index in [0.29, 0.717) is 17.1 Å². The van der Waals surface area contributed by atoms with Gasteiger partial charge in [-0.25, -0.2) is 4.98 Å². The van der Waals surface area contributed by atoms with E-state index < -0.39 is 0 Å². The smallest absolute Gasteiger partial charge is 0.133 e. The van der Waals surface area contributed by atoms with Crippen LogP contribution in [0.15, 0.2) is 30.0 Å². The Bertz CT molecular complexity index is 456.